The van der Waals surface area contributed by atoms with E-state index in [1.54, 1.807) is 27.8 Å². The molecule has 2 aliphatic rings. The van der Waals surface area contributed by atoms with Gasteiger partial charge in [-0.25, -0.2) is 10.2 Å². The average molecular weight is 979 g/mol. The molecule has 4 aromatic rings. The first-order valence-electron chi connectivity index (χ1n) is 25.7. The summed E-state index contributed by atoms with van der Waals surface area (Å²) in [4.78, 5) is 63.2. The van der Waals surface area contributed by atoms with Crippen LogP contribution in [-0.2, 0) is 49.7 Å². The Kier molecular flexibility index (Phi) is 16.7. The Morgan fingerprint density at radius 2 is 1.66 bits per heavy atom. The van der Waals surface area contributed by atoms with Crippen LogP contribution in [0.2, 0.25) is 16.6 Å². The van der Waals surface area contributed by atoms with Gasteiger partial charge in [0.05, 0.1) is 12.3 Å². The van der Waals surface area contributed by atoms with Gasteiger partial charge in [0.1, 0.15) is 29.5 Å². The summed E-state index contributed by atoms with van der Waals surface area (Å²) < 4.78 is 21.7. The fourth-order valence-corrected chi connectivity index (χ4v) is 16.4. The highest BCUT2D eigenvalue weighted by Crippen LogP contribution is 2.45. The van der Waals surface area contributed by atoms with Crippen LogP contribution in [0.5, 0.6) is 5.75 Å². The summed E-state index contributed by atoms with van der Waals surface area (Å²) in [6.07, 6.45) is 5.77. The Bertz CT molecular complexity index is 2520. The van der Waals surface area contributed by atoms with Gasteiger partial charge in [-0.05, 0) is 134 Å². The second-order valence-electron chi connectivity index (χ2n) is 22.8. The number of carbonyl (C=O) groups excluding carboxylic acids is 4. The molecule has 3 amide bonds. The Balaban J connectivity index is 1.61. The fraction of sp³-hybridized carbons (Fsp3) is 0.589. The molecule has 0 unspecified atom stereocenters. The summed E-state index contributed by atoms with van der Waals surface area (Å²) in [6.45, 7) is 32.5. The van der Waals surface area contributed by atoms with E-state index in [1.165, 1.54) is 15.5 Å². The summed E-state index contributed by atoms with van der Waals surface area (Å²) in [6, 6.07) is 12.2. The van der Waals surface area contributed by atoms with E-state index < -0.39 is 61.3 Å². The highest BCUT2D eigenvalue weighted by Gasteiger charge is 2.47. The molecule has 382 valence electrons. The molecule has 2 N–H and O–H groups in total. The zero-order valence-corrected chi connectivity index (χ0v) is 46.0. The SMILES string of the molecule is CCc1ccncc1-c1c2c3cc(ccc3n1CC)-c1cc(cc(O[Si](C(C)C)(C(C)C)C(C)C)c1)C[C@H](NC(=O)[C@H](C(C)C)N(C)C(=O)OC(C)(C)C)C(=O)N1CCC[C@H](N1)C(=O)OCC(C)(C)C2. The Morgan fingerprint density at radius 1 is 0.971 bits per heavy atom. The van der Waals surface area contributed by atoms with Crippen molar-refractivity contribution in [2.75, 3.05) is 20.2 Å². The molecule has 2 aromatic carbocycles. The van der Waals surface area contributed by atoms with Crippen molar-refractivity contribution in [3.05, 3.63) is 71.5 Å². The van der Waals surface area contributed by atoms with Gasteiger partial charge in [0, 0.05) is 60.8 Å². The van der Waals surface area contributed by atoms with Crippen molar-refractivity contribution in [2.24, 2.45) is 11.3 Å². The van der Waals surface area contributed by atoms with E-state index in [2.05, 4.69) is 126 Å². The summed E-state index contributed by atoms with van der Waals surface area (Å²) >= 11 is 0. The number of likely N-dealkylation sites (N-methyl/N-ethyl adjacent to an activating group) is 1. The van der Waals surface area contributed by atoms with Gasteiger partial charge in [0.2, 0.25) is 5.91 Å². The summed E-state index contributed by atoms with van der Waals surface area (Å²) in [5.41, 5.74) is 11.2. The number of nitrogens with one attached hydrogen (secondary N) is 2. The van der Waals surface area contributed by atoms with Crippen LogP contribution in [0.4, 0.5) is 4.79 Å². The maximum Gasteiger partial charge on any atom is 0.410 e. The van der Waals surface area contributed by atoms with Gasteiger partial charge in [-0.1, -0.05) is 88.3 Å². The molecule has 70 heavy (non-hydrogen) atoms. The molecule has 6 rings (SSSR count). The Morgan fingerprint density at radius 3 is 2.27 bits per heavy atom. The number of carbonyl (C=O) groups is 4. The first kappa shape index (κ1) is 54.1. The third-order valence-electron chi connectivity index (χ3n) is 14.4. The zero-order chi connectivity index (χ0) is 51.6. The maximum atomic E-state index is 15.1. The molecule has 6 bridgehead atoms. The van der Waals surface area contributed by atoms with Gasteiger partial charge in [-0.15, -0.1) is 0 Å². The average Bonchev–Trinajstić information content (AvgIpc) is 3.59. The van der Waals surface area contributed by atoms with Gasteiger partial charge in [0.25, 0.3) is 14.2 Å². The normalized spacial score (nSPS) is 18.5. The predicted octanol–water partition coefficient (Wildman–Crippen LogP) is 11.0. The van der Waals surface area contributed by atoms with Crippen molar-refractivity contribution < 1.29 is 33.1 Å². The number of amides is 3. The lowest BCUT2D eigenvalue weighted by atomic mass is 9.84. The minimum absolute atomic E-state index is 0.0987. The highest BCUT2D eigenvalue weighted by molar-refractivity contribution is 6.78. The number of nitrogens with zero attached hydrogens (tertiary/aromatic N) is 4. The minimum atomic E-state index is -2.50. The van der Waals surface area contributed by atoms with Crippen molar-refractivity contribution in [1.82, 2.24) is 30.2 Å². The van der Waals surface area contributed by atoms with E-state index in [1.807, 2.05) is 32.3 Å². The number of rotatable bonds is 12. The summed E-state index contributed by atoms with van der Waals surface area (Å²) in [7, 11) is -0.952. The van der Waals surface area contributed by atoms with Crippen LogP contribution in [0.15, 0.2) is 54.9 Å². The topological polar surface area (TPSA) is 144 Å². The number of hydrogen-bond donors (Lipinski definition) is 2. The number of esters is 1. The van der Waals surface area contributed by atoms with Gasteiger partial charge < -0.3 is 23.8 Å². The molecule has 0 radical (unpaired) electrons. The number of aryl methyl sites for hydroxylation is 2. The summed E-state index contributed by atoms with van der Waals surface area (Å²) in [5.74, 6) is -0.942. The van der Waals surface area contributed by atoms with Crippen LogP contribution in [0.3, 0.4) is 0 Å². The standard InChI is InChI=1S/C56H82N6O7Si/c1-17-39-23-24-57-32-45(39)50-44-31-56(14,15)33-67-53(65)46-20-19-25-62(59-46)52(64)47(58-51(63)49(34(3)4)60(16)54(66)68-55(11,12)13)28-38-26-41(40-21-22-48(43(44)30-40)61(50)18-2)29-42(27-38)69-70(35(5)6,36(7)8)37(9)10/h21-24,26-27,29-30,32,34-37,46-47,49,59H,17-20,25,28,31,33H2,1-16H3,(H,58,63)/t46-,47-,49-/m0/s1. The fourth-order valence-electron chi connectivity index (χ4n) is 11.2. The molecule has 0 spiro atoms. The molecule has 0 aliphatic carbocycles. The molecule has 0 saturated carbocycles. The molecule has 2 aliphatic heterocycles. The van der Waals surface area contributed by atoms with Crippen LogP contribution >= 0.6 is 0 Å². The van der Waals surface area contributed by atoms with Crippen molar-refractivity contribution in [3.8, 4) is 28.1 Å². The van der Waals surface area contributed by atoms with Crippen LogP contribution in [-0.4, -0.2) is 95.6 Å². The number of fused-ring (bicyclic) bond motifs is 6. The molecule has 4 heterocycles. The zero-order valence-electron chi connectivity index (χ0n) is 45.0. The van der Waals surface area contributed by atoms with Crippen molar-refractivity contribution in [3.63, 3.8) is 0 Å². The molecule has 1 saturated heterocycles. The lowest BCUT2D eigenvalue weighted by Gasteiger charge is -2.42. The van der Waals surface area contributed by atoms with Crippen LogP contribution in [0.25, 0.3) is 33.3 Å². The molecular formula is C56H82N6O7Si. The van der Waals surface area contributed by atoms with Gasteiger partial charge in [0.15, 0.2) is 0 Å². The second kappa shape index (κ2) is 21.6. The highest BCUT2D eigenvalue weighted by atomic mass is 28.4. The first-order valence-corrected chi connectivity index (χ1v) is 27.9. The van der Waals surface area contributed by atoms with Crippen molar-refractivity contribution in [1.29, 1.82) is 0 Å². The second-order valence-corrected chi connectivity index (χ2v) is 28.2. The molecule has 3 atom stereocenters. The van der Waals surface area contributed by atoms with Crippen LogP contribution < -0.4 is 15.2 Å². The molecule has 13 nitrogen and oxygen atoms in total. The Hall–Kier alpha value is -5.21. The van der Waals surface area contributed by atoms with Gasteiger partial charge in [-0.2, -0.15) is 0 Å². The third kappa shape index (κ3) is 11.6. The van der Waals surface area contributed by atoms with Gasteiger partial charge >= 0.3 is 12.1 Å². The molecular weight excluding hydrogens is 897 g/mol. The van der Waals surface area contributed by atoms with E-state index >= 15 is 4.79 Å². The van der Waals surface area contributed by atoms with E-state index in [0.29, 0.717) is 42.4 Å². The molecule has 2 aromatic heterocycles. The van der Waals surface area contributed by atoms with E-state index in [-0.39, 0.29) is 18.9 Å². The van der Waals surface area contributed by atoms with Crippen LogP contribution in [0, 0.1) is 11.3 Å². The maximum absolute atomic E-state index is 15.1. The number of hydrogen-bond acceptors (Lipinski definition) is 9. The quantitative estimate of drug-likeness (QED) is 0.105. The van der Waals surface area contributed by atoms with Crippen molar-refractivity contribution in [2.45, 2.75) is 183 Å². The van der Waals surface area contributed by atoms with Crippen molar-refractivity contribution >= 4 is 43.1 Å². The smallest absolute Gasteiger partial charge is 0.410 e. The first-order chi connectivity index (χ1) is 32.8. The largest absolute Gasteiger partial charge is 0.543 e. The van der Waals surface area contributed by atoms with E-state index in [0.717, 1.165) is 63.1 Å². The third-order valence-corrected chi connectivity index (χ3v) is 20.4. The van der Waals surface area contributed by atoms with E-state index in [9.17, 15) is 14.4 Å². The predicted molar refractivity (Wildman–Crippen MR) is 282 cm³/mol. The number of benzene rings is 2. The number of ether oxygens (including phenoxy) is 2. The number of hydrazine groups is 1. The molecule has 1 fully saturated rings. The van der Waals surface area contributed by atoms with Gasteiger partial charge in [-0.3, -0.25) is 29.3 Å². The lowest BCUT2D eigenvalue weighted by Crippen LogP contribution is -2.62. The number of cyclic esters (lactones) is 1. The van der Waals surface area contributed by atoms with E-state index in [4.69, 9.17) is 13.9 Å². The minimum Gasteiger partial charge on any atom is -0.543 e. The number of pyridine rings is 1. The lowest BCUT2D eigenvalue weighted by molar-refractivity contribution is -0.155. The molecule has 14 heteroatoms. The monoisotopic (exact) mass is 979 g/mol. The van der Waals surface area contributed by atoms with Crippen LogP contribution in [0.1, 0.15) is 133 Å². The summed E-state index contributed by atoms with van der Waals surface area (Å²) in [5, 5.41) is 5.67. The number of aromatic nitrogens is 2. The Labute approximate surface area is 418 Å².